The van der Waals surface area contributed by atoms with Crippen LogP contribution in [0, 0.1) is 11.8 Å². The number of hydrogen-bond donors (Lipinski definition) is 3. The molecule has 5 nitrogen and oxygen atoms in total. The van der Waals surface area contributed by atoms with Crippen LogP contribution in [-0.2, 0) is 9.47 Å². The first-order chi connectivity index (χ1) is 9.67. The average Bonchev–Trinajstić information content (AvgIpc) is 2.45. The molecule has 0 bridgehead atoms. The molecule has 0 saturated carbocycles. The van der Waals surface area contributed by atoms with Crippen LogP contribution in [0.4, 0.5) is 0 Å². The SMILES string of the molecule is COCC(CO)NCC(O)COCC1CC=CCC1C. The highest BCUT2D eigenvalue weighted by Gasteiger charge is 2.19. The molecule has 4 atom stereocenters. The lowest BCUT2D eigenvalue weighted by Crippen LogP contribution is -2.42. The van der Waals surface area contributed by atoms with E-state index in [0.29, 0.717) is 38.2 Å². The zero-order chi connectivity index (χ0) is 14.8. The number of nitrogens with one attached hydrogen (secondary N) is 1. The maximum absolute atomic E-state index is 9.83. The fraction of sp³-hybridized carbons (Fsp3) is 0.867. The van der Waals surface area contributed by atoms with Crippen LogP contribution in [0.15, 0.2) is 12.2 Å². The fourth-order valence-corrected chi connectivity index (χ4v) is 2.33. The monoisotopic (exact) mass is 287 g/mol. The highest BCUT2D eigenvalue weighted by molar-refractivity contribution is 4.93. The summed E-state index contributed by atoms with van der Waals surface area (Å²) in [6, 6.07) is -0.141. The van der Waals surface area contributed by atoms with Crippen molar-refractivity contribution in [2.75, 3.05) is 40.1 Å². The minimum absolute atomic E-state index is 0.00661. The minimum Gasteiger partial charge on any atom is -0.395 e. The van der Waals surface area contributed by atoms with Crippen LogP contribution in [-0.4, -0.2) is 62.4 Å². The topological polar surface area (TPSA) is 71.0 Å². The molecule has 0 aromatic carbocycles. The molecule has 0 heterocycles. The largest absolute Gasteiger partial charge is 0.395 e. The third-order valence-electron chi connectivity index (χ3n) is 3.79. The molecule has 0 aliphatic heterocycles. The smallest absolute Gasteiger partial charge is 0.0897 e. The summed E-state index contributed by atoms with van der Waals surface area (Å²) in [7, 11) is 1.59. The Morgan fingerprint density at radius 1 is 1.30 bits per heavy atom. The lowest BCUT2D eigenvalue weighted by molar-refractivity contribution is 0.00952. The Morgan fingerprint density at radius 3 is 2.70 bits per heavy atom. The number of aliphatic hydroxyl groups excluding tert-OH is 2. The lowest BCUT2D eigenvalue weighted by Gasteiger charge is -2.25. The van der Waals surface area contributed by atoms with Gasteiger partial charge in [0.2, 0.25) is 0 Å². The molecular weight excluding hydrogens is 258 g/mol. The van der Waals surface area contributed by atoms with Crippen LogP contribution in [0.3, 0.4) is 0 Å². The summed E-state index contributed by atoms with van der Waals surface area (Å²) in [6.45, 7) is 4.08. The van der Waals surface area contributed by atoms with Gasteiger partial charge in [0.05, 0.1) is 38.6 Å². The van der Waals surface area contributed by atoms with Crippen molar-refractivity contribution in [1.29, 1.82) is 0 Å². The van der Waals surface area contributed by atoms with Crippen molar-refractivity contribution in [3.8, 4) is 0 Å². The van der Waals surface area contributed by atoms with Gasteiger partial charge in [-0.25, -0.2) is 0 Å². The van der Waals surface area contributed by atoms with Gasteiger partial charge in [-0.2, -0.15) is 0 Å². The van der Waals surface area contributed by atoms with Gasteiger partial charge in [-0.3, -0.25) is 0 Å². The summed E-state index contributed by atoms with van der Waals surface area (Å²) in [5.74, 6) is 1.20. The molecular formula is C15H29NO4. The van der Waals surface area contributed by atoms with E-state index < -0.39 is 6.10 Å². The van der Waals surface area contributed by atoms with Crippen molar-refractivity contribution in [2.24, 2.45) is 11.8 Å². The third-order valence-corrected chi connectivity index (χ3v) is 3.79. The molecule has 3 N–H and O–H groups in total. The predicted molar refractivity (Wildman–Crippen MR) is 78.6 cm³/mol. The number of allylic oxidation sites excluding steroid dienone is 2. The van der Waals surface area contributed by atoms with Gasteiger partial charge in [0, 0.05) is 13.7 Å². The molecule has 0 saturated heterocycles. The first-order valence-corrected chi connectivity index (χ1v) is 7.41. The summed E-state index contributed by atoms with van der Waals surface area (Å²) >= 11 is 0. The standard InChI is InChI=1S/C15H29NO4/c1-12-5-3-4-6-13(12)9-20-11-15(18)7-16-14(8-17)10-19-2/h3-4,12-18H,5-11H2,1-2H3. The normalized spacial score (nSPS) is 25.6. The molecule has 0 radical (unpaired) electrons. The second-order valence-corrected chi connectivity index (χ2v) is 5.61. The van der Waals surface area contributed by atoms with E-state index in [1.807, 2.05) is 0 Å². The molecule has 118 valence electrons. The maximum Gasteiger partial charge on any atom is 0.0897 e. The van der Waals surface area contributed by atoms with Crippen LogP contribution in [0.25, 0.3) is 0 Å². The predicted octanol–water partition coefficient (Wildman–Crippen LogP) is 0.563. The van der Waals surface area contributed by atoms with Crippen LogP contribution >= 0.6 is 0 Å². The van der Waals surface area contributed by atoms with E-state index >= 15 is 0 Å². The van der Waals surface area contributed by atoms with Gasteiger partial charge in [0.25, 0.3) is 0 Å². The van der Waals surface area contributed by atoms with Gasteiger partial charge in [-0.15, -0.1) is 0 Å². The van der Waals surface area contributed by atoms with E-state index in [1.165, 1.54) is 0 Å². The Kier molecular flexibility index (Phi) is 9.05. The van der Waals surface area contributed by atoms with Gasteiger partial charge in [-0.1, -0.05) is 19.1 Å². The zero-order valence-electron chi connectivity index (χ0n) is 12.6. The second-order valence-electron chi connectivity index (χ2n) is 5.61. The van der Waals surface area contributed by atoms with Crippen molar-refractivity contribution >= 4 is 0 Å². The molecule has 0 fully saturated rings. The van der Waals surface area contributed by atoms with Crippen LogP contribution in [0.1, 0.15) is 19.8 Å². The number of ether oxygens (including phenoxy) is 2. The van der Waals surface area contributed by atoms with Crippen molar-refractivity contribution < 1.29 is 19.7 Å². The van der Waals surface area contributed by atoms with Crippen LogP contribution < -0.4 is 5.32 Å². The molecule has 4 unspecified atom stereocenters. The molecule has 0 aromatic heterocycles. The summed E-state index contributed by atoms with van der Waals surface area (Å²) < 4.78 is 10.6. The Morgan fingerprint density at radius 2 is 2.05 bits per heavy atom. The molecule has 1 aliphatic carbocycles. The average molecular weight is 287 g/mol. The molecule has 20 heavy (non-hydrogen) atoms. The van der Waals surface area contributed by atoms with E-state index in [4.69, 9.17) is 14.6 Å². The van der Waals surface area contributed by atoms with E-state index in [2.05, 4.69) is 24.4 Å². The van der Waals surface area contributed by atoms with E-state index in [1.54, 1.807) is 7.11 Å². The van der Waals surface area contributed by atoms with Crippen molar-refractivity contribution in [2.45, 2.75) is 31.9 Å². The first kappa shape index (κ1) is 17.6. The van der Waals surface area contributed by atoms with Gasteiger partial charge in [0.1, 0.15) is 0 Å². The Bertz CT molecular complexity index is 273. The maximum atomic E-state index is 9.83. The highest BCUT2D eigenvalue weighted by Crippen LogP contribution is 2.24. The number of rotatable bonds is 10. The van der Waals surface area contributed by atoms with Crippen LogP contribution in [0.2, 0.25) is 0 Å². The Balaban J connectivity index is 2.10. The summed E-state index contributed by atoms with van der Waals surface area (Å²) in [4.78, 5) is 0. The van der Waals surface area contributed by atoms with Gasteiger partial charge >= 0.3 is 0 Å². The Hall–Kier alpha value is -0.460. The summed E-state index contributed by atoms with van der Waals surface area (Å²) in [5.41, 5.74) is 0. The molecule has 1 aliphatic rings. The minimum atomic E-state index is -0.560. The quantitative estimate of drug-likeness (QED) is 0.512. The van der Waals surface area contributed by atoms with Gasteiger partial charge < -0.3 is 25.0 Å². The summed E-state index contributed by atoms with van der Waals surface area (Å²) in [5, 5.41) is 22.0. The molecule has 5 heteroatoms. The lowest BCUT2D eigenvalue weighted by atomic mass is 9.85. The second kappa shape index (κ2) is 10.3. The van der Waals surface area contributed by atoms with Crippen molar-refractivity contribution in [3.63, 3.8) is 0 Å². The van der Waals surface area contributed by atoms with E-state index in [0.717, 1.165) is 12.8 Å². The van der Waals surface area contributed by atoms with E-state index in [-0.39, 0.29) is 12.6 Å². The number of methoxy groups -OCH3 is 1. The van der Waals surface area contributed by atoms with Gasteiger partial charge in [-0.05, 0) is 24.7 Å². The molecule has 0 spiro atoms. The molecule has 0 amide bonds. The highest BCUT2D eigenvalue weighted by atomic mass is 16.5. The number of hydrogen-bond acceptors (Lipinski definition) is 5. The van der Waals surface area contributed by atoms with E-state index in [9.17, 15) is 5.11 Å². The van der Waals surface area contributed by atoms with Crippen molar-refractivity contribution in [3.05, 3.63) is 12.2 Å². The zero-order valence-corrected chi connectivity index (χ0v) is 12.6. The van der Waals surface area contributed by atoms with Gasteiger partial charge in [0.15, 0.2) is 0 Å². The third kappa shape index (κ3) is 6.81. The number of aliphatic hydroxyl groups is 2. The fourth-order valence-electron chi connectivity index (χ4n) is 2.33. The van der Waals surface area contributed by atoms with Crippen molar-refractivity contribution in [1.82, 2.24) is 5.32 Å². The summed E-state index contributed by atoms with van der Waals surface area (Å²) in [6.07, 6.45) is 6.06. The first-order valence-electron chi connectivity index (χ1n) is 7.41. The Labute approximate surface area is 122 Å². The molecule has 0 aromatic rings. The molecule has 1 rings (SSSR count). The van der Waals surface area contributed by atoms with Crippen LogP contribution in [0.5, 0.6) is 0 Å².